The lowest BCUT2D eigenvalue weighted by atomic mass is 9.75. The lowest BCUT2D eigenvalue weighted by Crippen LogP contribution is -2.15. The summed E-state index contributed by atoms with van der Waals surface area (Å²) in [4.78, 5) is 0. The molecule has 0 heterocycles. The second-order valence-corrected chi connectivity index (χ2v) is 27.3. The van der Waals surface area contributed by atoms with Crippen LogP contribution in [0.15, 0.2) is 97.1 Å². The van der Waals surface area contributed by atoms with Crippen molar-refractivity contribution in [2.24, 2.45) is 0 Å². The minimum Gasteiger partial charge on any atom is -0.0578 e. The maximum Gasteiger partial charge on any atom is -0.00197 e. The van der Waals surface area contributed by atoms with Crippen LogP contribution in [-0.4, -0.2) is 0 Å². The van der Waals surface area contributed by atoms with Crippen LogP contribution in [0.4, 0.5) is 0 Å². The maximum atomic E-state index is 2.57. The summed E-state index contributed by atoms with van der Waals surface area (Å²) >= 11 is 0. The van der Waals surface area contributed by atoms with E-state index in [4.69, 9.17) is 0 Å². The molecule has 0 saturated heterocycles. The van der Waals surface area contributed by atoms with Crippen LogP contribution < -0.4 is 0 Å². The van der Waals surface area contributed by atoms with Crippen molar-refractivity contribution in [3.8, 4) is 66.8 Å². The van der Waals surface area contributed by atoms with Crippen LogP contribution in [0, 0.1) is 13.8 Å². The fourth-order valence-electron chi connectivity index (χ4n) is 11.7. The Labute approximate surface area is 409 Å². The highest BCUT2D eigenvalue weighted by Gasteiger charge is 2.35. The highest BCUT2D eigenvalue weighted by atomic mass is 14.4. The monoisotopic (exact) mass is 893 g/mol. The van der Waals surface area contributed by atoms with Gasteiger partial charge in [0.05, 0.1) is 0 Å². The van der Waals surface area contributed by atoms with Gasteiger partial charge in [0, 0.05) is 0 Å². The van der Waals surface area contributed by atoms with Crippen LogP contribution >= 0.6 is 0 Å². The topological polar surface area (TPSA) is 0 Å². The summed E-state index contributed by atoms with van der Waals surface area (Å²) in [6.45, 7) is 47.4. The normalized spacial score (nSPS) is 13.9. The zero-order chi connectivity index (χ0) is 49.3. The van der Waals surface area contributed by atoms with E-state index in [1.165, 1.54) is 144 Å². The van der Waals surface area contributed by atoms with Crippen molar-refractivity contribution in [1.29, 1.82) is 0 Å². The molecule has 8 aromatic rings. The van der Waals surface area contributed by atoms with Gasteiger partial charge in [0.15, 0.2) is 0 Å². The minimum absolute atomic E-state index is 0.0252. The van der Waals surface area contributed by atoms with E-state index in [0.717, 1.165) is 0 Å². The molecular formula is C68H76. The molecule has 0 saturated carbocycles. The molecule has 0 aromatic heterocycles. The molecule has 348 valence electrons. The Morgan fingerprint density at radius 3 is 0.882 bits per heavy atom. The summed E-state index contributed by atoms with van der Waals surface area (Å²) in [5.74, 6) is 0. The van der Waals surface area contributed by atoms with Gasteiger partial charge in [-0.1, -0.05) is 161 Å². The van der Waals surface area contributed by atoms with E-state index in [9.17, 15) is 0 Å². The van der Waals surface area contributed by atoms with Gasteiger partial charge < -0.3 is 0 Å². The molecule has 0 N–H and O–H groups in total. The highest BCUT2D eigenvalue weighted by molar-refractivity contribution is 6.22. The minimum atomic E-state index is -0.103. The molecule has 0 heteroatoms. The lowest BCUT2D eigenvalue weighted by molar-refractivity contribution is 0.589. The van der Waals surface area contributed by atoms with Gasteiger partial charge in [0.2, 0.25) is 0 Å². The number of aryl methyl sites for hydroxylation is 2. The quantitative estimate of drug-likeness (QED) is 0.162. The zero-order valence-electron chi connectivity index (χ0n) is 45.2. The number of fused-ring (bicyclic) bond motifs is 7. The van der Waals surface area contributed by atoms with E-state index in [2.05, 4.69) is 236 Å². The van der Waals surface area contributed by atoms with Crippen molar-refractivity contribution in [3.05, 3.63) is 142 Å². The number of hydrogen-bond acceptors (Lipinski definition) is 0. The fourth-order valence-corrected chi connectivity index (χ4v) is 11.7. The van der Waals surface area contributed by atoms with Crippen LogP contribution in [0.5, 0.6) is 0 Å². The number of hydrogen-bond donors (Lipinski definition) is 0. The number of rotatable bonds is 2. The van der Waals surface area contributed by atoms with Crippen molar-refractivity contribution >= 4 is 32.3 Å². The predicted molar refractivity (Wildman–Crippen MR) is 300 cm³/mol. The van der Waals surface area contributed by atoms with E-state index in [1.807, 2.05) is 0 Å². The highest BCUT2D eigenvalue weighted by Crippen LogP contribution is 2.57. The van der Waals surface area contributed by atoms with Gasteiger partial charge in [-0.25, -0.2) is 0 Å². The lowest BCUT2D eigenvalue weighted by Gasteiger charge is -2.29. The second kappa shape index (κ2) is 14.5. The Morgan fingerprint density at radius 2 is 0.559 bits per heavy atom. The fraction of sp³-hybridized carbons (Fsp3) is 0.382. The molecule has 2 aliphatic rings. The Morgan fingerprint density at radius 1 is 0.250 bits per heavy atom. The first-order valence-corrected chi connectivity index (χ1v) is 25.5. The van der Waals surface area contributed by atoms with Crippen LogP contribution in [0.2, 0.25) is 0 Å². The molecule has 2 aliphatic carbocycles. The average molecular weight is 893 g/mol. The smallest absolute Gasteiger partial charge is 0.00197 e. The third-order valence-electron chi connectivity index (χ3n) is 15.8. The van der Waals surface area contributed by atoms with Crippen molar-refractivity contribution in [1.82, 2.24) is 0 Å². The van der Waals surface area contributed by atoms with E-state index in [1.54, 1.807) is 0 Å². The van der Waals surface area contributed by atoms with Gasteiger partial charge in [-0.05, 0) is 251 Å². The third-order valence-corrected chi connectivity index (χ3v) is 15.8. The first kappa shape index (κ1) is 46.3. The van der Waals surface area contributed by atoms with Crippen molar-refractivity contribution in [2.75, 3.05) is 0 Å². The van der Waals surface area contributed by atoms with Gasteiger partial charge in [-0.3, -0.25) is 0 Å². The van der Waals surface area contributed by atoms with E-state index in [0.29, 0.717) is 0 Å². The van der Waals surface area contributed by atoms with Crippen LogP contribution in [0.3, 0.4) is 0 Å². The average Bonchev–Trinajstić information content (AvgIpc) is 3.71. The van der Waals surface area contributed by atoms with Crippen LogP contribution in [0.1, 0.15) is 169 Å². The molecule has 0 atom stereocenters. The predicted octanol–water partition coefficient (Wildman–Crippen LogP) is 20.2. The second-order valence-electron chi connectivity index (χ2n) is 27.3. The summed E-state index contributed by atoms with van der Waals surface area (Å²) in [5.41, 5.74) is 27.3. The summed E-state index contributed by atoms with van der Waals surface area (Å²) < 4.78 is 0. The summed E-state index contributed by atoms with van der Waals surface area (Å²) in [5, 5.41) is 8.15. The molecule has 68 heavy (non-hydrogen) atoms. The molecule has 0 nitrogen and oxygen atoms in total. The molecule has 0 amide bonds. The summed E-state index contributed by atoms with van der Waals surface area (Å²) in [7, 11) is 0. The summed E-state index contributed by atoms with van der Waals surface area (Å²) in [6.07, 6.45) is 0. The van der Waals surface area contributed by atoms with Crippen molar-refractivity contribution in [3.63, 3.8) is 0 Å². The molecule has 0 spiro atoms. The van der Waals surface area contributed by atoms with Gasteiger partial charge >= 0.3 is 0 Å². The van der Waals surface area contributed by atoms with E-state index in [-0.39, 0.29) is 32.5 Å². The molecular weight excluding hydrogens is 817 g/mol. The molecule has 0 fully saturated rings. The van der Waals surface area contributed by atoms with Crippen LogP contribution in [0.25, 0.3) is 99.1 Å². The molecule has 0 bridgehead atoms. The summed E-state index contributed by atoms with van der Waals surface area (Å²) in [6, 6.07) is 39.9. The van der Waals surface area contributed by atoms with Crippen molar-refractivity contribution in [2.45, 2.75) is 171 Å². The molecule has 0 radical (unpaired) electrons. The Bertz CT molecular complexity index is 3250. The van der Waals surface area contributed by atoms with Gasteiger partial charge in [-0.2, -0.15) is 0 Å². The third kappa shape index (κ3) is 7.21. The van der Waals surface area contributed by atoms with Gasteiger partial charge in [-0.15, -0.1) is 0 Å². The molecule has 0 aliphatic heterocycles. The van der Waals surface area contributed by atoms with E-state index < -0.39 is 0 Å². The first-order chi connectivity index (χ1) is 31.3. The maximum absolute atomic E-state index is 2.57. The van der Waals surface area contributed by atoms with E-state index >= 15 is 0 Å². The molecule has 0 unspecified atom stereocenters. The molecule has 10 rings (SSSR count). The largest absolute Gasteiger partial charge is 0.0578 e. The Kier molecular flexibility index (Phi) is 9.90. The Balaban J connectivity index is 1.29. The van der Waals surface area contributed by atoms with Gasteiger partial charge in [0.25, 0.3) is 0 Å². The SMILES string of the molecule is Cc1cc2cc(C)c(-c3c(C(C)(C)C)cc4c5c(cc(C(C)(C)C)cc35)-c3cc(C(C)(C)C)ccc3-4)cc2cc1-c1c(C(C)(C)C)cc2c3c(cc(C(C)(C)C)cc13)-c1cc(C(C)(C)C)ccc1-2. The standard InChI is InChI=1S/C68H76/c1-37-25-39-26-38(2)48(62-56-34-44(66(12,13)14)32-52-50-30-42(64(6,7)8)22-24-46(50)54(60(52)56)36-58(62)68(18,19)20)28-40(39)27-47(37)61-55-33-43(65(9,10)11)31-51-49-29-41(63(3,4)5)21-23-45(49)53(59(51)55)35-57(61)67(15,16)17/h21-36H,1-20H3. The van der Waals surface area contributed by atoms with Crippen LogP contribution in [-0.2, 0) is 32.5 Å². The number of benzene rings is 8. The first-order valence-electron chi connectivity index (χ1n) is 25.5. The molecule has 8 aromatic carbocycles. The Hall–Kier alpha value is -5.46. The zero-order valence-corrected chi connectivity index (χ0v) is 45.2. The van der Waals surface area contributed by atoms with Crippen molar-refractivity contribution < 1.29 is 0 Å². The van der Waals surface area contributed by atoms with Gasteiger partial charge in [0.1, 0.15) is 0 Å².